The summed E-state index contributed by atoms with van der Waals surface area (Å²) in [4.78, 5) is 0. The second-order valence-corrected chi connectivity index (χ2v) is 10.5. The highest BCUT2D eigenvalue weighted by molar-refractivity contribution is 6.24. The molecule has 0 radical (unpaired) electrons. The second kappa shape index (κ2) is 8.08. The molecule has 0 unspecified atom stereocenters. The molecule has 0 fully saturated rings. The largest absolute Gasteiger partial charge is 0.464 e. The van der Waals surface area contributed by atoms with Gasteiger partial charge in [-0.05, 0) is 67.7 Å². The van der Waals surface area contributed by atoms with Crippen LogP contribution in [0.4, 0.5) is 0 Å². The van der Waals surface area contributed by atoms with E-state index in [1.807, 2.05) is 6.07 Å². The van der Waals surface area contributed by atoms with Crippen molar-refractivity contribution in [3.8, 4) is 22.3 Å². The minimum Gasteiger partial charge on any atom is -0.464 e. The van der Waals surface area contributed by atoms with Crippen molar-refractivity contribution >= 4 is 65.2 Å². The van der Waals surface area contributed by atoms with Crippen molar-refractivity contribution in [3.05, 3.63) is 134 Å². The second-order valence-electron chi connectivity index (χ2n) is 10.5. The van der Waals surface area contributed by atoms with Crippen LogP contribution in [0.25, 0.3) is 87.5 Å². The molecule has 2 heteroatoms. The Kier molecular flexibility index (Phi) is 4.36. The van der Waals surface area contributed by atoms with Gasteiger partial charge in [-0.1, -0.05) is 103 Å². The molecule has 0 aliphatic carbocycles. The molecule has 186 valence electrons. The lowest BCUT2D eigenvalue weighted by Gasteiger charge is -2.18. The molecule has 9 rings (SSSR count). The summed E-state index contributed by atoms with van der Waals surface area (Å²) < 4.78 is 12.3. The third kappa shape index (κ3) is 2.99. The van der Waals surface area contributed by atoms with E-state index in [0.29, 0.717) is 0 Å². The monoisotopic (exact) mass is 510 g/mol. The molecule has 0 amide bonds. The predicted octanol–water partition coefficient (Wildman–Crippen LogP) is 11.1. The third-order valence-electron chi connectivity index (χ3n) is 8.31. The zero-order valence-corrected chi connectivity index (χ0v) is 21.5. The Hall–Kier alpha value is -5.34. The normalized spacial score (nSPS) is 12.0. The Bertz CT molecular complexity index is 2380. The van der Waals surface area contributed by atoms with Crippen molar-refractivity contribution in [3.63, 3.8) is 0 Å². The molecule has 2 nitrogen and oxygen atoms in total. The van der Waals surface area contributed by atoms with E-state index >= 15 is 0 Å². The highest BCUT2D eigenvalue weighted by Gasteiger charge is 2.20. The average molecular weight is 511 g/mol. The van der Waals surface area contributed by atoms with Crippen molar-refractivity contribution in [2.24, 2.45) is 0 Å². The number of furan rings is 2. The lowest BCUT2D eigenvalue weighted by atomic mass is 9.85. The molecule has 9 aromatic rings. The first-order valence-corrected chi connectivity index (χ1v) is 13.6. The van der Waals surface area contributed by atoms with Crippen molar-refractivity contribution in [2.45, 2.75) is 0 Å². The van der Waals surface area contributed by atoms with Crippen LogP contribution in [0.1, 0.15) is 0 Å². The van der Waals surface area contributed by atoms with Gasteiger partial charge < -0.3 is 8.83 Å². The quantitative estimate of drug-likeness (QED) is 0.216. The fourth-order valence-electron chi connectivity index (χ4n) is 6.52. The van der Waals surface area contributed by atoms with Gasteiger partial charge in [0.25, 0.3) is 0 Å². The Morgan fingerprint density at radius 1 is 0.400 bits per heavy atom. The Morgan fingerprint density at radius 3 is 1.85 bits per heavy atom. The molecule has 0 saturated carbocycles. The number of rotatable bonds is 2. The van der Waals surface area contributed by atoms with E-state index in [1.54, 1.807) is 6.26 Å². The minimum atomic E-state index is 0.872. The Labute approximate surface area is 229 Å². The van der Waals surface area contributed by atoms with Gasteiger partial charge in [-0.3, -0.25) is 0 Å². The number of benzene rings is 7. The van der Waals surface area contributed by atoms with Crippen molar-refractivity contribution in [2.75, 3.05) is 0 Å². The van der Waals surface area contributed by atoms with Crippen LogP contribution < -0.4 is 0 Å². The van der Waals surface area contributed by atoms with Gasteiger partial charge in [0.15, 0.2) is 0 Å². The van der Waals surface area contributed by atoms with E-state index in [9.17, 15) is 0 Å². The smallest absolute Gasteiger partial charge is 0.143 e. The summed E-state index contributed by atoms with van der Waals surface area (Å²) in [5.74, 6) is 0. The zero-order chi connectivity index (χ0) is 26.2. The lowest BCUT2D eigenvalue weighted by molar-refractivity contribution is 0.616. The van der Waals surface area contributed by atoms with Crippen LogP contribution in [0, 0.1) is 0 Å². The van der Waals surface area contributed by atoms with E-state index < -0.39 is 0 Å². The molecule has 0 aliphatic rings. The Balaban J connectivity index is 1.41. The maximum atomic E-state index is 6.63. The van der Waals surface area contributed by atoms with Gasteiger partial charge in [-0.25, -0.2) is 0 Å². The van der Waals surface area contributed by atoms with Crippen LogP contribution >= 0.6 is 0 Å². The van der Waals surface area contributed by atoms with Crippen LogP contribution in [0.5, 0.6) is 0 Å². The van der Waals surface area contributed by atoms with Crippen LogP contribution in [0.3, 0.4) is 0 Å². The average Bonchev–Trinajstić information content (AvgIpc) is 3.62. The SMILES string of the molecule is c1ccc2cc(-c3c4ccccc4c(-c4cccc5c4oc4cc6ccoc6cc45)c4ccccc34)ccc2c1. The summed E-state index contributed by atoms with van der Waals surface area (Å²) in [5.41, 5.74) is 7.43. The number of para-hydroxylation sites is 1. The van der Waals surface area contributed by atoms with Crippen molar-refractivity contribution in [1.29, 1.82) is 0 Å². The molecule has 2 aromatic heterocycles. The van der Waals surface area contributed by atoms with Gasteiger partial charge in [0.2, 0.25) is 0 Å². The fourth-order valence-corrected chi connectivity index (χ4v) is 6.52. The van der Waals surface area contributed by atoms with E-state index in [-0.39, 0.29) is 0 Å². The van der Waals surface area contributed by atoms with E-state index in [4.69, 9.17) is 8.83 Å². The van der Waals surface area contributed by atoms with E-state index in [1.165, 1.54) is 49.0 Å². The number of hydrogen-bond acceptors (Lipinski definition) is 2. The predicted molar refractivity (Wildman–Crippen MR) is 167 cm³/mol. The molecule has 0 bridgehead atoms. The molecule has 40 heavy (non-hydrogen) atoms. The van der Waals surface area contributed by atoms with Crippen molar-refractivity contribution in [1.82, 2.24) is 0 Å². The first-order valence-electron chi connectivity index (χ1n) is 13.6. The maximum Gasteiger partial charge on any atom is 0.143 e. The molecule has 0 aliphatic heterocycles. The highest BCUT2D eigenvalue weighted by Crippen LogP contribution is 2.47. The first-order chi connectivity index (χ1) is 19.8. The molecule has 7 aromatic carbocycles. The van der Waals surface area contributed by atoms with Gasteiger partial charge in [-0.2, -0.15) is 0 Å². The summed E-state index contributed by atoms with van der Waals surface area (Å²) in [5, 5.41) is 10.6. The lowest BCUT2D eigenvalue weighted by Crippen LogP contribution is -1.91. The summed E-state index contributed by atoms with van der Waals surface area (Å²) >= 11 is 0. The van der Waals surface area contributed by atoms with Gasteiger partial charge in [0.05, 0.1) is 6.26 Å². The van der Waals surface area contributed by atoms with Gasteiger partial charge in [0.1, 0.15) is 16.7 Å². The molecule has 2 heterocycles. The topological polar surface area (TPSA) is 26.3 Å². The molecule has 0 atom stereocenters. The maximum absolute atomic E-state index is 6.63. The van der Waals surface area contributed by atoms with Gasteiger partial charge in [0, 0.05) is 27.3 Å². The summed E-state index contributed by atoms with van der Waals surface area (Å²) in [6, 6.07) is 45.6. The third-order valence-corrected chi connectivity index (χ3v) is 8.31. The minimum absolute atomic E-state index is 0.872. The van der Waals surface area contributed by atoms with Crippen LogP contribution in [-0.2, 0) is 0 Å². The van der Waals surface area contributed by atoms with Crippen LogP contribution in [-0.4, -0.2) is 0 Å². The van der Waals surface area contributed by atoms with Gasteiger partial charge in [-0.15, -0.1) is 0 Å². The van der Waals surface area contributed by atoms with Gasteiger partial charge >= 0.3 is 0 Å². The Morgan fingerprint density at radius 2 is 1.07 bits per heavy atom. The highest BCUT2D eigenvalue weighted by atomic mass is 16.3. The number of fused-ring (bicyclic) bond motifs is 7. The summed E-state index contributed by atoms with van der Waals surface area (Å²) in [6.07, 6.45) is 1.73. The van der Waals surface area contributed by atoms with Crippen LogP contribution in [0.15, 0.2) is 142 Å². The van der Waals surface area contributed by atoms with Crippen molar-refractivity contribution < 1.29 is 8.83 Å². The summed E-state index contributed by atoms with van der Waals surface area (Å²) in [7, 11) is 0. The van der Waals surface area contributed by atoms with E-state index in [2.05, 4.69) is 121 Å². The number of hydrogen-bond donors (Lipinski definition) is 0. The van der Waals surface area contributed by atoms with E-state index in [0.717, 1.165) is 38.5 Å². The zero-order valence-electron chi connectivity index (χ0n) is 21.5. The summed E-state index contributed by atoms with van der Waals surface area (Å²) in [6.45, 7) is 0. The molecule has 0 spiro atoms. The first kappa shape index (κ1) is 21.6. The fraction of sp³-hybridized carbons (Fsp3) is 0. The molecular formula is C38H22O2. The standard InChI is InChI=1S/C38H22O2/c1-2-9-24-20-26(17-16-23(24)8-1)36-27-10-3-5-12-29(27)37(30-13-6-4-11-28(30)36)32-15-7-14-31-33-22-34-25(18-19-39-34)21-35(33)40-38(31)32/h1-22H. The van der Waals surface area contributed by atoms with Crippen LogP contribution in [0.2, 0.25) is 0 Å². The molecule has 0 N–H and O–H groups in total. The molecular weight excluding hydrogens is 488 g/mol. The molecule has 0 saturated heterocycles.